The van der Waals surface area contributed by atoms with Crippen LogP contribution in [0, 0.1) is 11.3 Å². The Morgan fingerprint density at radius 3 is 2.77 bits per heavy atom. The molecular formula is C19H13ClN2O4. The lowest BCUT2D eigenvalue weighted by Gasteiger charge is -2.13. The first-order valence-corrected chi connectivity index (χ1v) is 8.06. The molecule has 0 spiro atoms. The molecule has 0 aliphatic carbocycles. The van der Waals surface area contributed by atoms with Gasteiger partial charge in [0.1, 0.15) is 11.7 Å². The fourth-order valence-corrected chi connectivity index (χ4v) is 2.49. The number of ether oxygens (including phenoxy) is 1. The number of halogens is 1. The number of anilines is 1. The monoisotopic (exact) mass is 368 g/mol. The molecule has 6 nitrogen and oxygen atoms in total. The molecule has 1 aromatic heterocycles. The summed E-state index contributed by atoms with van der Waals surface area (Å²) in [5, 5.41) is 12.8. The van der Waals surface area contributed by atoms with Crippen molar-refractivity contribution < 1.29 is 18.7 Å². The number of amides is 1. The van der Waals surface area contributed by atoms with E-state index in [2.05, 4.69) is 5.32 Å². The molecule has 0 aliphatic rings. The lowest BCUT2D eigenvalue weighted by Crippen LogP contribution is -2.30. The van der Waals surface area contributed by atoms with E-state index in [1.807, 2.05) is 6.07 Å². The van der Waals surface area contributed by atoms with Crippen molar-refractivity contribution in [1.29, 1.82) is 5.26 Å². The number of furan rings is 1. The summed E-state index contributed by atoms with van der Waals surface area (Å²) in [4.78, 5) is 24.4. The van der Waals surface area contributed by atoms with E-state index in [-0.39, 0.29) is 5.76 Å². The number of nitrogens with one attached hydrogen (secondary N) is 1. The Morgan fingerprint density at radius 1 is 1.23 bits per heavy atom. The highest BCUT2D eigenvalue weighted by Gasteiger charge is 2.22. The van der Waals surface area contributed by atoms with Gasteiger partial charge in [-0.15, -0.1) is 0 Å². The predicted molar refractivity (Wildman–Crippen MR) is 95.9 cm³/mol. The third kappa shape index (κ3) is 3.68. The number of para-hydroxylation sites is 1. The van der Waals surface area contributed by atoms with Gasteiger partial charge in [0.2, 0.25) is 5.76 Å². The minimum atomic E-state index is -1.08. The van der Waals surface area contributed by atoms with Crippen molar-refractivity contribution >= 4 is 40.1 Å². The molecule has 0 saturated heterocycles. The molecule has 0 fully saturated rings. The number of rotatable bonds is 4. The van der Waals surface area contributed by atoms with Crippen molar-refractivity contribution in [3.63, 3.8) is 0 Å². The number of esters is 1. The van der Waals surface area contributed by atoms with Gasteiger partial charge in [0.15, 0.2) is 6.10 Å². The zero-order valence-electron chi connectivity index (χ0n) is 13.7. The van der Waals surface area contributed by atoms with Crippen LogP contribution < -0.4 is 5.32 Å². The average Bonchev–Trinajstić information content (AvgIpc) is 3.05. The summed E-state index contributed by atoms with van der Waals surface area (Å²) in [7, 11) is 0. The van der Waals surface area contributed by atoms with Crippen molar-refractivity contribution in [3.8, 4) is 6.07 Å². The summed E-state index contributed by atoms with van der Waals surface area (Å²) < 4.78 is 10.6. The maximum Gasteiger partial charge on any atom is 0.375 e. The Hall–Kier alpha value is -3.30. The first kappa shape index (κ1) is 17.5. The van der Waals surface area contributed by atoms with Gasteiger partial charge in [0.05, 0.1) is 11.3 Å². The van der Waals surface area contributed by atoms with Gasteiger partial charge >= 0.3 is 5.97 Å². The number of hydrogen-bond donors (Lipinski definition) is 1. The second-order valence-corrected chi connectivity index (χ2v) is 5.92. The second kappa shape index (κ2) is 7.30. The van der Waals surface area contributed by atoms with Crippen molar-refractivity contribution in [2.24, 2.45) is 0 Å². The Morgan fingerprint density at radius 2 is 2.00 bits per heavy atom. The van der Waals surface area contributed by atoms with Gasteiger partial charge in [0.25, 0.3) is 5.91 Å². The normalized spacial score (nSPS) is 11.6. The molecule has 26 heavy (non-hydrogen) atoms. The summed E-state index contributed by atoms with van der Waals surface area (Å²) >= 11 is 5.90. The topological polar surface area (TPSA) is 92.3 Å². The Bertz CT molecular complexity index is 1040. The van der Waals surface area contributed by atoms with Crippen LogP contribution in [0.1, 0.15) is 23.0 Å². The fraction of sp³-hybridized carbons (Fsp3) is 0.105. The molecular weight excluding hydrogens is 356 g/mol. The highest BCUT2D eigenvalue weighted by atomic mass is 35.5. The van der Waals surface area contributed by atoms with Crippen molar-refractivity contribution in [2.45, 2.75) is 13.0 Å². The number of carbonyl (C=O) groups is 2. The highest BCUT2D eigenvalue weighted by Crippen LogP contribution is 2.24. The largest absolute Gasteiger partial charge is 0.449 e. The summed E-state index contributed by atoms with van der Waals surface area (Å²) in [6.07, 6.45) is -1.08. The molecule has 3 rings (SSSR count). The third-order valence-corrected chi connectivity index (χ3v) is 3.87. The van der Waals surface area contributed by atoms with E-state index in [1.165, 1.54) is 13.0 Å². The minimum absolute atomic E-state index is 0.0284. The van der Waals surface area contributed by atoms with E-state index in [0.29, 0.717) is 27.2 Å². The van der Waals surface area contributed by atoms with Crippen LogP contribution in [0.15, 0.2) is 52.9 Å². The van der Waals surface area contributed by atoms with Gasteiger partial charge in [-0.05, 0) is 43.3 Å². The van der Waals surface area contributed by atoms with Crippen LogP contribution in [-0.4, -0.2) is 18.0 Å². The van der Waals surface area contributed by atoms with Crippen LogP contribution in [-0.2, 0) is 9.53 Å². The summed E-state index contributed by atoms with van der Waals surface area (Å²) in [5.41, 5.74) is 1.15. The molecule has 1 heterocycles. The molecule has 7 heteroatoms. The SMILES string of the molecule is C[C@H](OC(=O)c1cc2cc(Cl)ccc2o1)C(=O)Nc1ccccc1C#N. The van der Waals surface area contributed by atoms with Crippen LogP contribution in [0.25, 0.3) is 11.0 Å². The number of nitriles is 1. The summed E-state index contributed by atoms with van der Waals surface area (Å²) in [6, 6.07) is 15.0. The Balaban J connectivity index is 1.69. The molecule has 0 saturated carbocycles. The molecule has 0 unspecified atom stereocenters. The van der Waals surface area contributed by atoms with Gasteiger partial charge in [-0.2, -0.15) is 5.26 Å². The van der Waals surface area contributed by atoms with E-state index in [0.717, 1.165) is 0 Å². The summed E-state index contributed by atoms with van der Waals surface area (Å²) in [6.45, 7) is 1.43. The molecule has 1 amide bonds. The smallest absolute Gasteiger partial charge is 0.375 e. The second-order valence-electron chi connectivity index (χ2n) is 5.49. The number of hydrogen-bond acceptors (Lipinski definition) is 5. The third-order valence-electron chi connectivity index (χ3n) is 3.64. The number of nitrogens with zero attached hydrogens (tertiary/aromatic N) is 1. The molecule has 1 atom stereocenters. The Kier molecular flexibility index (Phi) is 4.92. The average molecular weight is 369 g/mol. The molecule has 2 aromatic carbocycles. The minimum Gasteiger partial charge on any atom is -0.449 e. The van der Waals surface area contributed by atoms with Crippen molar-refractivity contribution in [3.05, 3.63) is 64.9 Å². The van der Waals surface area contributed by atoms with Crippen molar-refractivity contribution in [1.82, 2.24) is 0 Å². The zero-order chi connectivity index (χ0) is 18.7. The van der Waals surface area contributed by atoms with E-state index in [1.54, 1.807) is 42.5 Å². The van der Waals surface area contributed by atoms with Gasteiger partial charge < -0.3 is 14.5 Å². The summed E-state index contributed by atoms with van der Waals surface area (Å²) in [5.74, 6) is -1.35. The molecule has 0 radical (unpaired) electrons. The molecule has 130 valence electrons. The standard InChI is InChI=1S/C19H13ClN2O4/c1-11(18(23)22-15-5-3-2-4-12(15)10-21)25-19(24)17-9-13-8-14(20)6-7-16(13)26-17/h2-9,11H,1H3,(H,22,23)/t11-/m0/s1. The molecule has 0 bridgehead atoms. The van der Waals surface area contributed by atoms with Gasteiger partial charge in [-0.1, -0.05) is 23.7 Å². The quantitative estimate of drug-likeness (QED) is 0.698. The first-order valence-electron chi connectivity index (χ1n) is 7.68. The first-order chi connectivity index (χ1) is 12.5. The number of carbonyl (C=O) groups excluding carboxylic acids is 2. The van der Waals surface area contributed by atoms with Crippen LogP contribution in [0.3, 0.4) is 0 Å². The van der Waals surface area contributed by atoms with Crippen LogP contribution in [0.4, 0.5) is 5.69 Å². The fourth-order valence-electron chi connectivity index (χ4n) is 2.31. The van der Waals surface area contributed by atoms with E-state index in [4.69, 9.17) is 26.0 Å². The van der Waals surface area contributed by atoms with Gasteiger partial charge in [-0.3, -0.25) is 4.79 Å². The van der Waals surface area contributed by atoms with Crippen LogP contribution in [0.2, 0.25) is 5.02 Å². The molecule has 3 aromatic rings. The molecule has 1 N–H and O–H groups in total. The Labute approximate surface area is 153 Å². The number of benzene rings is 2. The van der Waals surface area contributed by atoms with E-state index < -0.39 is 18.0 Å². The number of fused-ring (bicyclic) bond motifs is 1. The molecule has 0 aliphatic heterocycles. The zero-order valence-corrected chi connectivity index (χ0v) is 14.4. The van der Waals surface area contributed by atoms with Crippen LogP contribution >= 0.6 is 11.6 Å². The van der Waals surface area contributed by atoms with E-state index >= 15 is 0 Å². The van der Waals surface area contributed by atoms with Crippen LogP contribution in [0.5, 0.6) is 0 Å². The van der Waals surface area contributed by atoms with Gasteiger partial charge in [-0.25, -0.2) is 4.79 Å². The van der Waals surface area contributed by atoms with E-state index in [9.17, 15) is 9.59 Å². The van der Waals surface area contributed by atoms with Gasteiger partial charge in [0, 0.05) is 10.4 Å². The highest BCUT2D eigenvalue weighted by molar-refractivity contribution is 6.31. The lowest BCUT2D eigenvalue weighted by molar-refractivity contribution is -0.123. The lowest BCUT2D eigenvalue weighted by atomic mass is 10.2. The van der Waals surface area contributed by atoms with Crippen molar-refractivity contribution in [2.75, 3.05) is 5.32 Å². The predicted octanol–water partition coefficient (Wildman–Crippen LogP) is 4.14. The maximum absolute atomic E-state index is 12.2. The maximum atomic E-state index is 12.2.